The summed E-state index contributed by atoms with van der Waals surface area (Å²) in [7, 11) is 0. The van der Waals surface area contributed by atoms with Crippen molar-refractivity contribution in [1.29, 1.82) is 0 Å². The van der Waals surface area contributed by atoms with Crippen LogP contribution in [-0.4, -0.2) is 47.4 Å². The zero-order valence-electron chi connectivity index (χ0n) is 14.7. The topological polar surface area (TPSA) is 79.3 Å². The molecule has 0 bridgehead atoms. The fourth-order valence-corrected chi connectivity index (χ4v) is 2.50. The molecular formula is C18H24Cl2N4O2. The number of nitrogens with zero attached hydrogens (tertiary/aromatic N) is 2. The van der Waals surface area contributed by atoms with Gasteiger partial charge in [-0.1, -0.05) is 36.5 Å². The van der Waals surface area contributed by atoms with Crippen LogP contribution in [0.5, 0.6) is 5.75 Å². The molecule has 0 aliphatic carbocycles. The number of aromatic nitrogens is 2. The van der Waals surface area contributed by atoms with Gasteiger partial charge in [-0.05, 0) is 24.1 Å². The van der Waals surface area contributed by atoms with Gasteiger partial charge in [-0.2, -0.15) is 0 Å². The van der Waals surface area contributed by atoms with Crippen molar-refractivity contribution in [2.45, 2.75) is 25.9 Å². The minimum atomic E-state index is -0.631. The van der Waals surface area contributed by atoms with Crippen molar-refractivity contribution < 1.29 is 9.84 Å². The number of hydrogen-bond donors (Lipinski definition) is 3. The molecule has 2 aromatic rings. The highest BCUT2D eigenvalue weighted by atomic mass is 35.5. The summed E-state index contributed by atoms with van der Waals surface area (Å²) in [6.07, 6.45) is 5.13. The van der Waals surface area contributed by atoms with Crippen LogP contribution in [0.1, 0.15) is 18.9 Å². The Kier molecular flexibility index (Phi) is 8.91. The molecule has 0 unspecified atom stereocenters. The maximum atomic E-state index is 9.94. The van der Waals surface area contributed by atoms with E-state index in [1.807, 2.05) is 12.4 Å². The SMILES string of the molecule is CCCc1cnc(NCCNC[C@@H](O)COc2ccc(Cl)c(Cl)c2)nc1. The zero-order chi connectivity index (χ0) is 18.8. The molecule has 142 valence electrons. The van der Waals surface area contributed by atoms with Crippen LogP contribution in [0.3, 0.4) is 0 Å². The van der Waals surface area contributed by atoms with Crippen LogP contribution in [0.15, 0.2) is 30.6 Å². The molecule has 1 heterocycles. The van der Waals surface area contributed by atoms with Crippen molar-refractivity contribution in [1.82, 2.24) is 15.3 Å². The average molecular weight is 399 g/mol. The first kappa shape index (κ1) is 20.7. The molecule has 2 rings (SSSR count). The maximum absolute atomic E-state index is 9.94. The molecular weight excluding hydrogens is 375 g/mol. The summed E-state index contributed by atoms with van der Waals surface area (Å²) in [6, 6.07) is 5.00. The Morgan fingerprint density at radius 1 is 1.15 bits per heavy atom. The first-order valence-electron chi connectivity index (χ1n) is 8.60. The number of aliphatic hydroxyl groups is 1. The Morgan fingerprint density at radius 3 is 2.62 bits per heavy atom. The van der Waals surface area contributed by atoms with Crippen molar-refractivity contribution in [3.05, 3.63) is 46.2 Å². The van der Waals surface area contributed by atoms with Crippen LogP contribution in [0.2, 0.25) is 10.0 Å². The van der Waals surface area contributed by atoms with Crippen LogP contribution in [0, 0.1) is 0 Å². The average Bonchev–Trinajstić information content (AvgIpc) is 2.64. The van der Waals surface area contributed by atoms with Gasteiger partial charge in [0, 0.05) is 38.1 Å². The monoisotopic (exact) mass is 398 g/mol. The lowest BCUT2D eigenvalue weighted by Crippen LogP contribution is -2.34. The van der Waals surface area contributed by atoms with Crippen LogP contribution < -0.4 is 15.4 Å². The maximum Gasteiger partial charge on any atom is 0.222 e. The minimum absolute atomic E-state index is 0.167. The zero-order valence-corrected chi connectivity index (χ0v) is 16.2. The quantitative estimate of drug-likeness (QED) is 0.504. The van der Waals surface area contributed by atoms with Crippen molar-refractivity contribution in [3.63, 3.8) is 0 Å². The number of benzene rings is 1. The van der Waals surface area contributed by atoms with E-state index in [-0.39, 0.29) is 6.61 Å². The number of rotatable bonds is 11. The molecule has 3 N–H and O–H groups in total. The van der Waals surface area contributed by atoms with Gasteiger partial charge < -0.3 is 20.5 Å². The highest BCUT2D eigenvalue weighted by Crippen LogP contribution is 2.26. The molecule has 1 aromatic heterocycles. The third-order valence-corrected chi connectivity index (χ3v) is 4.28. The molecule has 26 heavy (non-hydrogen) atoms. The van der Waals surface area contributed by atoms with Gasteiger partial charge in [0.25, 0.3) is 0 Å². The summed E-state index contributed by atoms with van der Waals surface area (Å²) in [6.45, 7) is 4.04. The number of halogens is 2. The van der Waals surface area contributed by atoms with Crippen molar-refractivity contribution in [2.75, 3.05) is 31.6 Å². The molecule has 0 aliphatic heterocycles. The van der Waals surface area contributed by atoms with Gasteiger partial charge in [-0.3, -0.25) is 0 Å². The first-order chi connectivity index (χ1) is 12.6. The van der Waals surface area contributed by atoms with E-state index in [1.165, 1.54) is 0 Å². The Hall–Kier alpha value is -1.60. The van der Waals surface area contributed by atoms with Gasteiger partial charge in [0.15, 0.2) is 0 Å². The van der Waals surface area contributed by atoms with Crippen LogP contribution in [0.25, 0.3) is 0 Å². The third kappa shape index (κ3) is 7.33. The second-order valence-corrected chi connectivity index (χ2v) is 6.65. The summed E-state index contributed by atoms with van der Waals surface area (Å²) in [4.78, 5) is 8.53. The summed E-state index contributed by atoms with van der Waals surface area (Å²) < 4.78 is 5.49. The van der Waals surface area contributed by atoms with E-state index in [9.17, 15) is 5.11 Å². The van der Waals surface area contributed by atoms with Gasteiger partial charge in [0.1, 0.15) is 18.5 Å². The van der Waals surface area contributed by atoms with Crippen LogP contribution >= 0.6 is 23.2 Å². The van der Waals surface area contributed by atoms with Gasteiger partial charge in [-0.25, -0.2) is 9.97 Å². The molecule has 0 saturated carbocycles. The van der Waals surface area contributed by atoms with E-state index < -0.39 is 6.10 Å². The highest BCUT2D eigenvalue weighted by Gasteiger charge is 2.06. The lowest BCUT2D eigenvalue weighted by molar-refractivity contribution is 0.107. The van der Waals surface area contributed by atoms with Gasteiger partial charge >= 0.3 is 0 Å². The molecule has 0 fully saturated rings. The minimum Gasteiger partial charge on any atom is -0.491 e. The molecule has 6 nitrogen and oxygen atoms in total. The summed E-state index contributed by atoms with van der Waals surface area (Å²) in [5.74, 6) is 1.18. The van der Waals surface area contributed by atoms with E-state index >= 15 is 0 Å². The predicted octanol–water partition coefficient (Wildman–Crippen LogP) is 3.18. The van der Waals surface area contributed by atoms with Crippen LogP contribution in [-0.2, 0) is 6.42 Å². The Balaban J connectivity index is 1.58. The van der Waals surface area contributed by atoms with Crippen molar-refractivity contribution >= 4 is 29.2 Å². The lowest BCUT2D eigenvalue weighted by atomic mass is 10.2. The normalized spacial score (nSPS) is 12.0. The van der Waals surface area contributed by atoms with E-state index in [4.69, 9.17) is 27.9 Å². The highest BCUT2D eigenvalue weighted by molar-refractivity contribution is 6.42. The smallest absolute Gasteiger partial charge is 0.222 e. The predicted molar refractivity (Wildman–Crippen MR) is 105 cm³/mol. The molecule has 1 atom stereocenters. The molecule has 0 saturated heterocycles. The number of aryl methyl sites for hydroxylation is 1. The van der Waals surface area contributed by atoms with Crippen molar-refractivity contribution in [2.24, 2.45) is 0 Å². The number of nitrogens with one attached hydrogen (secondary N) is 2. The van der Waals surface area contributed by atoms with E-state index in [1.54, 1.807) is 18.2 Å². The standard InChI is InChI=1S/C18H24Cl2N4O2/c1-2-3-13-9-23-18(24-10-13)22-7-6-21-11-14(25)12-26-15-4-5-16(19)17(20)8-15/h4-5,8-10,14,21,25H,2-3,6-7,11-12H2,1H3,(H,22,23,24)/t14-/m1/s1. The summed E-state index contributed by atoms with van der Waals surface area (Å²) in [5.41, 5.74) is 1.14. The van der Waals surface area contributed by atoms with Gasteiger partial charge in [-0.15, -0.1) is 0 Å². The van der Waals surface area contributed by atoms with E-state index in [0.717, 1.165) is 18.4 Å². The first-order valence-corrected chi connectivity index (χ1v) is 9.35. The van der Waals surface area contributed by atoms with Crippen LogP contribution in [0.4, 0.5) is 5.95 Å². The fraction of sp³-hybridized carbons (Fsp3) is 0.444. The van der Waals surface area contributed by atoms with E-state index in [2.05, 4.69) is 27.5 Å². The number of aliphatic hydroxyl groups excluding tert-OH is 1. The molecule has 0 aliphatic rings. The second-order valence-electron chi connectivity index (χ2n) is 5.84. The van der Waals surface area contributed by atoms with E-state index in [0.29, 0.717) is 41.4 Å². The largest absolute Gasteiger partial charge is 0.491 e. The Labute approximate surface area is 163 Å². The third-order valence-electron chi connectivity index (χ3n) is 3.54. The molecule has 1 aromatic carbocycles. The Morgan fingerprint density at radius 2 is 1.92 bits per heavy atom. The summed E-state index contributed by atoms with van der Waals surface area (Å²) in [5, 5.41) is 17.1. The molecule has 0 amide bonds. The molecule has 8 heteroatoms. The molecule has 0 spiro atoms. The van der Waals surface area contributed by atoms with Gasteiger partial charge in [0.2, 0.25) is 5.95 Å². The molecule has 0 radical (unpaired) electrons. The number of ether oxygens (including phenoxy) is 1. The lowest BCUT2D eigenvalue weighted by Gasteiger charge is -2.14. The van der Waals surface area contributed by atoms with Crippen molar-refractivity contribution in [3.8, 4) is 5.75 Å². The fourth-order valence-electron chi connectivity index (χ4n) is 2.21. The number of anilines is 1. The Bertz CT molecular complexity index is 671. The second kappa shape index (κ2) is 11.2. The summed E-state index contributed by atoms with van der Waals surface area (Å²) >= 11 is 11.8. The number of hydrogen-bond acceptors (Lipinski definition) is 6. The van der Waals surface area contributed by atoms with Gasteiger partial charge in [0.05, 0.1) is 10.0 Å².